The fraction of sp³-hybridized carbons (Fsp3) is 0.233. The second-order valence-corrected chi connectivity index (χ2v) is 10.9. The van der Waals surface area contributed by atoms with E-state index in [0.29, 0.717) is 51.0 Å². The highest BCUT2D eigenvalue weighted by Gasteiger charge is 2.35. The van der Waals surface area contributed by atoms with Gasteiger partial charge in [0.1, 0.15) is 23.3 Å². The zero-order chi connectivity index (χ0) is 27.7. The van der Waals surface area contributed by atoms with Crippen LogP contribution in [0.15, 0.2) is 90.6 Å². The van der Waals surface area contributed by atoms with Gasteiger partial charge in [-0.05, 0) is 51.1 Å². The Balaban J connectivity index is 1.68. The average molecular weight is 607 g/mol. The minimum Gasteiger partial charge on any atom is -0.496 e. The molecule has 0 radical (unpaired) electrons. The van der Waals surface area contributed by atoms with Crippen LogP contribution in [0, 0.1) is 0 Å². The summed E-state index contributed by atoms with van der Waals surface area (Å²) in [6.07, 6.45) is 1.73. The van der Waals surface area contributed by atoms with Crippen molar-refractivity contribution in [3.05, 3.63) is 107 Å². The fourth-order valence-electron chi connectivity index (χ4n) is 4.82. The minimum atomic E-state index is -0.679. The molecule has 2 aromatic carbocycles. The summed E-state index contributed by atoms with van der Waals surface area (Å²) in [5, 5.41) is 0. The molecular formula is C30H28BrN3O4S. The number of hydrogen-bond donors (Lipinski definition) is 0. The van der Waals surface area contributed by atoms with Crippen LogP contribution in [0.1, 0.15) is 38.1 Å². The Kier molecular flexibility index (Phi) is 7.72. The molecule has 0 spiro atoms. The summed E-state index contributed by atoms with van der Waals surface area (Å²) in [6.45, 7) is 6.81. The first kappa shape index (κ1) is 26.9. The van der Waals surface area contributed by atoms with E-state index in [1.807, 2.05) is 81.4 Å². The Morgan fingerprint density at radius 3 is 2.64 bits per heavy atom. The van der Waals surface area contributed by atoms with Crippen molar-refractivity contribution >= 4 is 39.2 Å². The molecule has 1 amide bonds. The van der Waals surface area contributed by atoms with Crippen molar-refractivity contribution in [3.63, 3.8) is 0 Å². The first-order chi connectivity index (χ1) is 18.9. The third-order valence-electron chi connectivity index (χ3n) is 6.75. The standard InChI is InChI=1S/C30H28BrN3O4S/c1-5-33(6-2)29(36)26-18(3)32-30-34(27(26)22-12-7-8-13-24(22)37-4)28(35)25(39-30)17-21-14-15-23(38-21)19-10-9-11-20(31)16-19/h7-17,27H,5-6H2,1-4H3/b25-17+/t27-/m0/s1. The highest BCUT2D eigenvalue weighted by atomic mass is 79.9. The number of fused-ring (bicyclic) bond motifs is 1. The van der Waals surface area contributed by atoms with E-state index in [4.69, 9.17) is 14.1 Å². The molecule has 0 bridgehead atoms. The molecule has 3 heterocycles. The Morgan fingerprint density at radius 2 is 1.92 bits per heavy atom. The molecule has 0 N–H and O–H groups in total. The molecular weight excluding hydrogens is 578 g/mol. The van der Waals surface area contributed by atoms with Gasteiger partial charge in [0, 0.05) is 34.8 Å². The number of nitrogens with zero attached hydrogens (tertiary/aromatic N) is 3. The van der Waals surface area contributed by atoms with Gasteiger partial charge in [0.25, 0.3) is 11.5 Å². The molecule has 0 aliphatic carbocycles. The number of thiazole rings is 1. The Morgan fingerprint density at radius 1 is 1.15 bits per heavy atom. The van der Waals surface area contributed by atoms with Crippen molar-refractivity contribution in [2.75, 3.05) is 20.2 Å². The lowest BCUT2D eigenvalue weighted by Gasteiger charge is -2.29. The number of amides is 1. The van der Waals surface area contributed by atoms with Crippen LogP contribution in [0.2, 0.25) is 0 Å². The maximum Gasteiger partial charge on any atom is 0.271 e. The van der Waals surface area contributed by atoms with Crippen molar-refractivity contribution in [2.24, 2.45) is 4.99 Å². The number of benzene rings is 2. The maximum absolute atomic E-state index is 14.0. The molecule has 1 atom stereocenters. The molecule has 5 rings (SSSR count). The molecule has 0 fully saturated rings. The topological polar surface area (TPSA) is 77.0 Å². The van der Waals surface area contributed by atoms with Gasteiger partial charge in [-0.2, -0.15) is 0 Å². The van der Waals surface area contributed by atoms with E-state index in [2.05, 4.69) is 15.9 Å². The zero-order valence-electron chi connectivity index (χ0n) is 22.1. The number of methoxy groups -OCH3 is 1. The Labute approximate surface area is 238 Å². The van der Waals surface area contributed by atoms with Crippen LogP contribution in [0.3, 0.4) is 0 Å². The second kappa shape index (κ2) is 11.2. The van der Waals surface area contributed by atoms with Crippen LogP contribution in [0.4, 0.5) is 0 Å². The second-order valence-electron chi connectivity index (χ2n) is 9.01. The van der Waals surface area contributed by atoms with E-state index in [-0.39, 0.29) is 11.5 Å². The number of para-hydroxylation sites is 1. The van der Waals surface area contributed by atoms with Crippen LogP contribution in [-0.4, -0.2) is 35.6 Å². The van der Waals surface area contributed by atoms with E-state index >= 15 is 0 Å². The summed E-state index contributed by atoms with van der Waals surface area (Å²) in [5.74, 6) is 1.71. The normalized spacial score (nSPS) is 15.2. The van der Waals surface area contributed by atoms with Crippen LogP contribution >= 0.6 is 27.3 Å². The summed E-state index contributed by atoms with van der Waals surface area (Å²) in [4.78, 5) is 34.7. The molecule has 200 valence electrons. The number of rotatable bonds is 7. The highest BCUT2D eigenvalue weighted by molar-refractivity contribution is 9.10. The number of hydrogen-bond acceptors (Lipinski definition) is 6. The van der Waals surface area contributed by atoms with Gasteiger partial charge in [0.15, 0.2) is 4.80 Å². The first-order valence-electron chi connectivity index (χ1n) is 12.7. The van der Waals surface area contributed by atoms with Gasteiger partial charge in [0.2, 0.25) is 0 Å². The van der Waals surface area contributed by atoms with Gasteiger partial charge >= 0.3 is 0 Å². The molecule has 39 heavy (non-hydrogen) atoms. The minimum absolute atomic E-state index is 0.142. The molecule has 0 saturated carbocycles. The smallest absolute Gasteiger partial charge is 0.271 e. The number of furan rings is 1. The largest absolute Gasteiger partial charge is 0.496 e. The molecule has 0 unspecified atom stereocenters. The van der Waals surface area contributed by atoms with E-state index in [9.17, 15) is 9.59 Å². The average Bonchev–Trinajstić information content (AvgIpc) is 3.53. The summed E-state index contributed by atoms with van der Waals surface area (Å²) in [7, 11) is 1.59. The van der Waals surface area contributed by atoms with Crippen molar-refractivity contribution in [1.29, 1.82) is 0 Å². The lowest BCUT2D eigenvalue weighted by Crippen LogP contribution is -2.43. The third-order valence-corrected chi connectivity index (χ3v) is 8.22. The number of halogens is 1. The summed E-state index contributed by atoms with van der Waals surface area (Å²) in [6, 6.07) is 18.4. The summed E-state index contributed by atoms with van der Waals surface area (Å²) in [5.41, 5.74) is 2.47. The lowest BCUT2D eigenvalue weighted by atomic mass is 9.94. The quantitative estimate of drug-likeness (QED) is 0.292. The summed E-state index contributed by atoms with van der Waals surface area (Å²) >= 11 is 4.77. The number of likely N-dealkylation sites (N-methyl/N-ethyl adjacent to an activating group) is 1. The number of aromatic nitrogens is 1. The van der Waals surface area contributed by atoms with Gasteiger partial charge in [-0.3, -0.25) is 14.2 Å². The van der Waals surface area contributed by atoms with E-state index < -0.39 is 6.04 Å². The molecule has 1 aliphatic rings. The number of carbonyl (C=O) groups is 1. The molecule has 1 aliphatic heterocycles. The number of ether oxygens (including phenoxy) is 1. The van der Waals surface area contributed by atoms with E-state index in [0.717, 1.165) is 15.6 Å². The predicted molar refractivity (Wildman–Crippen MR) is 157 cm³/mol. The van der Waals surface area contributed by atoms with Crippen LogP contribution in [0.5, 0.6) is 5.75 Å². The van der Waals surface area contributed by atoms with Crippen LogP contribution in [0.25, 0.3) is 17.4 Å². The van der Waals surface area contributed by atoms with Crippen molar-refractivity contribution in [2.45, 2.75) is 26.8 Å². The van der Waals surface area contributed by atoms with E-state index in [1.54, 1.807) is 22.7 Å². The van der Waals surface area contributed by atoms with Crippen molar-refractivity contribution in [1.82, 2.24) is 9.47 Å². The van der Waals surface area contributed by atoms with Crippen LogP contribution in [-0.2, 0) is 4.79 Å². The Bertz CT molecular complexity index is 1760. The van der Waals surface area contributed by atoms with Gasteiger partial charge in [-0.25, -0.2) is 4.99 Å². The zero-order valence-corrected chi connectivity index (χ0v) is 24.5. The van der Waals surface area contributed by atoms with E-state index in [1.165, 1.54) is 11.3 Å². The Hall–Kier alpha value is -3.69. The molecule has 2 aromatic heterocycles. The van der Waals surface area contributed by atoms with Gasteiger partial charge in [-0.1, -0.05) is 57.6 Å². The van der Waals surface area contributed by atoms with Crippen molar-refractivity contribution in [3.8, 4) is 17.1 Å². The molecule has 7 nitrogen and oxygen atoms in total. The van der Waals surface area contributed by atoms with Crippen LogP contribution < -0.4 is 19.6 Å². The molecule has 4 aromatic rings. The SMILES string of the molecule is CCN(CC)C(=O)C1=C(C)N=c2s/c(=C/c3ccc(-c4cccc(Br)c4)o3)c(=O)n2[C@H]1c1ccccc1OC. The summed E-state index contributed by atoms with van der Waals surface area (Å²) < 4.78 is 14.8. The van der Waals surface area contributed by atoms with Gasteiger partial charge in [0.05, 0.1) is 22.9 Å². The monoisotopic (exact) mass is 605 g/mol. The fourth-order valence-corrected chi connectivity index (χ4v) is 6.25. The van der Waals surface area contributed by atoms with Gasteiger partial charge < -0.3 is 14.1 Å². The maximum atomic E-state index is 14.0. The predicted octanol–water partition coefficient (Wildman–Crippen LogP) is 5.13. The number of carbonyl (C=O) groups excluding carboxylic acids is 1. The molecule has 0 saturated heterocycles. The van der Waals surface area contributed by atoms with Gasteiger partial charge in [-0.15, -0.1) is 0 Å². The highest BCUT2D eigenvalue weighted by Crippen LogP contribution is 2.36. The third kappa shape index (κ3) is 5.04. The molecule has 9 heteroatoms. The first-order valence-corrected chi connectivity index (χ1v) is 14.3. The number of allylic oxidation sites excluding steroid dienone is 1. The van der Waals surface area contributed by atoms with Crippen molar-refractivity contribution < 1.29 is 13.9 Å². The lowest BCUT2D eigenvalue weighted by molar-refractivity contribution is -0.127.